The van der Waals surface area contributed by atoms with Gasteiger partial charge in [0.05, 0.1) is 12.0 Å². The second-order valence-corrected chi connectivity index (χ2v) is 4.08. The third-order valence-electron chi connectivity index (χ3n) is 3.44. The number of aliphatic carboxylic acids is 1. The van der Waals surface area contributed by atoms with Crippen LogP contribution in [0.25, 0.3) is 0 Å². The Morgan fingerprint density at radius 1 is 1.17 bits per heavy atom. The van der Waals surface area contributed by atoms with Gasteiger partial charge in [0.2, 0.25) is 0 Å². The van der Waals surface area contributed by atoms with Crippen LogP contribution >= 0.6 is 0 Å². The third kappa shape index (κ3) is 1.12. The maximum atomic E-state index is 10.8. The summed E-state index contributed by atoms with van der Waals surface area (Å²) in [4.78, 5) is 10.8. The highest BCUT2D eigenvalue weighted by Crippen LogP contribution is 2.45. The van der Waals surface area contributed by atoms with E-state index in [4.69, 9.17) is 5.11 Å². The van der Waals surface area contributed by atoms with Gasteiger partial charge < -0.3 is 10.2 Å². The van der Waals surface area contributed by atoms with Crippen molar-refractivity contribution in [3.8, 4) is 0 Å². The smallest absolute Gasteiger partial charge is 0.306 e. The molecular formula is C9H14O3. The molecule has 0 unspecified atom stereocenters. The molecule has 12 heavy (non-hydrogen) atoms. The Labute approximate surface area is 71.4 Å². The summed E-state index contributed by atoms with van der Waals surface area (Å²) in [6.07, 6.45) is 3.20. The molecule has 0 radical (unpaired) electrons. The van der Waals surface area contributed by atoms with Crippen LogP contribution in [0.3, 0.4) is 0 Å². The number of carbonyl (C=O) groups is 1. The zero-order chi connectivity index (χ0) is 8.72. The van der Waals surface area contributed by atoms with Crippen LogP contribution in [-0.2, 0) is 4.79 Å². The summed E-state index contributed by atoms with van der Waals surface area (Å²) in [6.45, 7) is 0. The number of hydrogen-bond donors (Lipinski definition) is 2. The van der Waals surface area contributed by atoms with Crippen molar-refractivity contribution < 1.29 is 15.0 Å². The first kappa shape index (κ1) is 8.05. The van der Waals surface area contributed by atoms with E-state index in [1.807, 2.05) is 0 Å². The molecule has 3 rings (SSSR count). The Hall–Kier alpha value is -0.570. The number of fused-ring (bicyclic) bond motifs is 3. The first-order valence-corrected chi connectivity index (χ1v) is 4.59. The highest BCUT2D eigenvalue weighted by Gasteiger charge is 2.43. The second-order valence-electron chi connectivity index (χ2n) is 4.08. The highest BCUT2D eigenvalue weighted by atomic mass is 16.4. The number of carboxylic acids is 1. The quantitative estimate of drug-likeness (QED) is 0.614. The number of rotatable bonds is 1. The third-order valence-corrected chi connectivity index (χ3v) is 3.44. The second kappa shape index (κ2) is 2.73. The van der Waals surface area contributed by atoms with Gasteiger partial charge in [-0.3, -0.25) is 4.79 Å². The van der Waals surface area contributed by atoms with Gasteiger partial charge in [-0.2, -0.15) is 0 Å². The van der Waals surface area contributed by atoms with E-state index < -0.39 is 5.97 Å². The van der Waals surface area contributed by atoms with Crippen molar-refractivity contribution in [3.05, 3.63) is 0 Å². The molecule has 0 aromatic carbocycles. The fraction of sp³-hybridized carbons (Fsp3) is 0.889. The SMILES string of the molecule is O=C(O)[C@H]1C[C@@H]2CC[C@H]1C[C@@H]2O. The fourth-order valence-corrected chi connectivity index (χ4v) is 2.70. The van der Waals surface area contributed by atoms with Crippen LogP contribution in [0.4, 0.5) is 0 Å². The van der Waals surface area contributed by atoms with Crippen LogP contribution in [0.15, 0.2) is 0 Å². The van der Waals surface area contributed by atoms with E-state index in [-0.39, 0.29) is 23.9 Å². The lowest BCUT2D eigenvalue weighted by Gasteiger charge is -2.43. The van der Waals surface area contributed by atoms with Gasteiger partial charge in [-0.05, 0) is 37.5 Å². The molecule has 2 N–H and O–H groups in total. The molecule has 0 heterocycles. The van der Waals surface area contributed by atoms with Crippen LogP contribution in [0.2, 0.25) is 0 Å². The molecule has 4 atom stereocenters. The summed E-state index contributed by atoms with van der Waals surface area (Å²) in [5.74, 6) is -0.345. The predicted molar refractivity (Wildman–Crippen MR) is 42.6 cm³/mol. The van der Waals surface area contributed by atoms with Gasteiger partial charge in [-0.25, -0.2) is 0 Å². The minimum Gasteiger partial charge on any atom is -0.481 e. The van der Waals surface area contributed by atoms with Gasteiger partial charge in [-0.15, -0.1) is 0 Å². The zero-order valence-electron chi connectivity index (χ0n) is 6.94. The molecule has 3 fully saturated rings. The van der Waals surface area contributed by atoms with E-state index >= 15 is 0 Å². The van der Waals surface area contributed by atoms with Gasteiger partial charge in [0.15, 0.2) is 0 Å². The van der Waals surface area contributed by atoms with Crippen molar-refractivity contribution in [2.75, 3.05) is 0 Å². The van der Waals surface area contributed by atoms with Crippen LogP contribution in [-0.4, -0.2) is 22.3 Å². The minimum absolute atomic E-state index is 0.174. The normalized spacial score (nSPS) is 46.1. The van der Waals surface area contributed by atoms with Gasteiger partial charge in [-0.1, -0.05) is 0 Å². The highest BCUT2D eigenvalue weighted by molar-refractivity contribution is 5.70. The summed E-state index contributed by atoms with van der Waals surface area (Å²) in [5, 5.41) is 18.4. The van der Waals surface area contributed by atoms with Crippen molar-refractivity contribution in [2.24, 2.45) is 17.8 Å². The average Bonchev–Trinajstić information content (AvgIpc) is 2.04. The zero-order valence-corrected chi connectivity index (χ0v) is 6.94. The molecule has 2 bridgehead atoms. The number of hydrogen-bond acceptors (Lipinski definition) is 2. The van der Waals surface area contributed by atoms with Gasteiger partial charge >= 0.3 is 5.97 Å². The largest absolute Gasteiger partial charge is 0.481 e. The maximum absolute atomic E-state index is 10.8. The van der Waals surface area contributed by atoms with Crippen molar-refractivity contribution in [1.82, 2.24) is 0 Å². The average molecular weight is 170 g/mol. The van der Waals surface area contributed by atoms with Crippen LogP contribution < -0.4 is 0 Å². The molecule has 0 amide bonds. The number of carboxylic acid groups (broad SMARTS) is 1. The van der Waals surface area contributed by atoms with Crippen molar-refractivity contribution in [2.45, 2.75) is 31.8 Å². The van der Waals surface area contributed by atoms with Crippen LogP contribution in [0, 0.1) is 17.8 Å². The molecule has 0 aliphatic heterocycles. The summed E-state index contributed by atoms with van der Waals surface area (Å²) in [6, 6.07) is 0. The molecule has 0 aromatic heterocycles. The van der Waals surface area contributed by atoms with Gasteiger partial charge in [0.1, 0.15) is 0 Å². The summed E-state index contributed by atoms with van der Waals surface area (Å²) in [7, 11) is 0. The van der Waals surface area contributed by atoms with E-state index in [1.165, 1.54) is 0 Å². The minimum atomic E-state index is -0.670. The summed E-state index contributed by atoms with van der Waals surface area (Å²) in [5.41, 5.74) is 0. The van der Waals surface area contributed by atoms with Gasteiger partial charge in [0, 0.05) is 0 Å². The van der Waals surface area contributed by atoms with Crippen molar-refractivity contribution in [1.29, 1.82) is 0 Å². The monoisotopic (exact) mass is 170 g/mol. The first-order chi connectivity index (χ1) is 5.68. The number of aliphatic hydroxyl groups is 1. The lowest BCUT2D eigenvalue weighted by atomic mass is 9.63. The molecule has 3 aliphatic rings. The molecule has 0 spiro atoms. The van der Waals surface area contributed by atoms with Crippen molar-refractivity contribution in [3.63, 3.8) is 0 Å². The molecule has 0 saturated heterocycles. The van der Waals surface area contributed by atoms with Crippen LogP contribution in [0.5, 0.6) is 0 Å². The molecule has 3 heteroatoms. The number of aliphatic hydroxyl groups excluding tert-OH is 1. The molecule has 3 saturated carbocycles. The lowest BCUT2D eigenvalue weighted by molar-refractivity contribution is -0.150. The Balaban J connectivity index is 2.10. The van der Waals surface area contributed by atoms with Gasteiger partial charge in [0.25, 0.3) is 0 Å². The Morgan fingerprint density at radius 3 is 2.25 bits per heavy atom. The Bertz CT molecular complexity index is 202. The van der Waals surface area contributed by atoms with E-state index in [0.29, 0.717) is 12.8 Å². The molecule has 3 nitrogen and oxygen atoms in total. The summed E-state index contributed by atoms with van der Waals surface area (Å²) >= 11 is 0. The topological polar surface area (TPSA) is 57.5 Å². The Morgan fingerprint density at radius 2 is 1.83 bits per heavy atom. The van der Waals surface area contributed by atoms with Crippen molar-refractivity contribution >= 4 is 5.97 Å². The van der Waals surface area contributed by atoms with E-state index in [2.05, 4.69) is 0 Å². The summed E-state index contributed by atoms with van der Waals surface area (Å²) < 4.78 is 0. The molecular weight excluding hydrogens is 156 g/mol. The van der Waals surface area contributed by atoms with Crippen LogP contribution in [0.1, 0.15) is 25.7 Å². The Kier molecular flexibility index (Phi) is 1.83. The van der Waals surface area contributed by atoms with E-state index in [1.54, 1.807) is 0 Å². The standard InChI is InChI=1S/C9H14O3/c10-8-4-5-1-2-6(8)3-7(5)9(11)12/h5-8,10H,1-4H2,(H,11,12)/t5-,6-,7-,8-/m0/s1. The lowest BCUT2D eigenvalue weighted by Crippen LogP contribution is -2.43. The molecule has 3 aliphatic carbocycles. The molecule has 0 aromatic rings. The first-order valence-electron chi connectivity index (χ1n) is 4.59. The van der Waals surface area contributed by atoms with E-state index in [0.717, 1.165) is 12.8 Å². The maximum Gasteiger partial charge on any atom is 0.306 e. The predicted octanol–water partition coefficient (Wildman–Crippen LogP) is 0.868. The fourth-order valence-electron chi connectivity index (χ4n) is 2.70. The molecule has 68 valence electrons. The van der Waals surface area contributed by atoms with E-state index in [9.17, 15) is 9.90 Å².